The molecular formula is C21H21N5O2. The van der Waals surface area contributed by atoms with Gasteiger partial charge in [0.05, 0.1) is 23.1 Å². The van der Waals surface area contributed by atoms with Crippen molar-refractivity contribution < 1.29 is 4.79 Å². The van der Waals surface area contributed by atoms with Crippen LogP contribution in [0.15, 0.2) is 41.5 Å². The van der Waals surface area contributed by atoms with Gasteiger partial charge in [0.2, 0.25) is 5.91 Å². The third-order valence-corrected chi connectivity index (χ3v) is 5.60. The number of nitrogens with zero attached hydrogens (tertiary/aromatic N) is 4. The molecule has 2 aromatic heterocycles. The number of hydrogen-bond donors (Lipinski definition) is 1. The van der Waals surface area contributed by atoms with Gasteiger partial charge in [0.15, 0.2) is 0 Å². The lowest BCUT2D eigenvalue weighted by Crippen LogP contribution is -2.40. The summed E-state index contributed by atoms with van der Waals surface area (Å²) in [6, 6.07) is 11.5. The number of hydrogen-bond acceptors (Lipinski definition) is 4. The van der Waals surface area contributed by atoms with Crippen molar-refractivity contribution in [3.05, 3.63) is 64.0 Å². The molecule has 0 atom stereocenters. The minimum absolute atomic E-state index is 0.0469. The Morgan fingerprint density at radius 3 is 2.79 bits per heavy atom. The fourth-order valence-corrected chi connectivity index (χ4v) is 4.04. The van der Waals surface area contributed by atoms with Crippen LogP contribution >= 0.6 is 0 Å². The molecule has 7 nitrogen and oxygen atoms in total. The number of amides is 1. The first kappa shape index (κ1) is 18.0. The van der Waals surface area contributed by atoms with Gasteiger partial charge in [-0.1, -0.05) is 18.2 Å². The summed E-state index contributed by atoms with van der Waals surface area (Å²) in [5.41, 5.74) is 3.00. The van der Waals surface area contributed by atoms with Gasteiger partial charge < -0.3 is 14.5 Å². The van der Waals surface area contributed by atoms with Gasteiger partial charge in [0, 0.05) is 36.2 Å². The van der Waals surface area contributed by atoms with E-state index in [0.717, 1.165) is 35.1 Å². The summed E-state index contributed by atoms with van der Waals surface area (Å²) in [6.45, 7) is 3.39. The molecule has 3 heterocycles. The maximum Gasteiger partial charge on any atom is 0.250 e. The average molecular weight is 375 g/mol. The van der Waals surface area contributed by atoms with Gasteiger partial charge in [-0.25, -0.2) is 4.98 Å². The summed E-state index contributed by atoms with van der Waals surface area (Å²) in [5.74, 6) is 0.247. The fourth-order valence-electron chi connectivity index (χ4n) is 4.04. The second kappa shape index (κ2) is 7.31. The molecule has 0 saturated carbocycles. The van der Waals surface area contributed by atoms with Crippen LogP contribution < -0.4 is 5.56 Å². The highest BCUT2D eigenvalue weighted by atomic mass is 16.2. The van der Waals surface area contributed by atoms with E-state index in [1.165, 1.54) is 6.33 Å². The Labute approximate surface area is 162 Å². The fraction of sp³-hybridized carbons (Fsp3) is 0.333. The first-order valence-electron chi connectivity index (χ1n) is 9.39. The van der Waals surface area contributed by atoms with Crippen LogP contribution in [0.5, 0.6) is 0 Å². The van der Waals surface area contributed by atoms with Crippen LogP contribution in [-0.2, 0) is 11.3 Å². The molecule has 7 heteroatoms. The monoisotopic (exact) mass is 375 g/mol. The zero-order valence-electron chi connectivity index (χ0n) is 15.7. The number of aromatic amines is 1. The third kappa shape index (κ3) is 3.18. The highest BCUT2D eigenvalue weighted by Crippen LogP contribution is 2.28. The Morgan fingerprint density at radius 1 is 1.32 bits per heavy atom. The summed E-state index contributed by atoms with van der Waals surface area (Å²) in [7, 11) is 0. The summed E-state index contributed by atoms with van der Waals surface area (Å²) >= 11 is 0. The van der Waals surface area contributed by atoms with E-state index < -0.39 is 0 Å². The zero-order valence-corrected chi connectivity index (χ0v) is 15.7. The highest BCUT2D eigenvalue weighted by Gasteiger charge is 2.26. The standard InChI is InChI=1S/C21H21N5O2/c1-14-17(11-22)16-4-2-3-5-19(16)26(14)12-21(28)25-8-6-15(7-9-25)18-10-20(27)24-13-23-18/h2-5,10,13,15H,6-9,12H2,1H3,(H,23,24,27). The molecule has 1 fully saturated rings. The van der Waals surface area contributed by atoms with E-state index in [4.69, 9.17) is 0 Å². The van der Waals surface area contributed by atoms with Crippen LogP contribution in [0.2, 0.25) is 0 Å². The van der Waals surface area contributed by atoms with E-state index >= 15 is 0 Å². The van der Waals surface area contributed by atoms with Gasteiger partial charge in [0.1, 0.15) is 12.6 Å². The molecule has 0 spiro atoms. The summed E-state index contributed by atoms with van der Waals surface area (Å²) < 4.78 is 1.93. The number of carbonyl (C=O) groups excluding carboxylic acids is 1. The lowest BCUT2D eigenvalue weighted by Gasteiger charge is -2.32. The maximum atomic E-state index is 12.9. The number of benzene rings is 1. The van der Waals surface area contributed by atoms with E-state index in [-0.39, 0.29) is 23.9 Å². The molecule has 1 aliphatic rings. The van der Waals surface area contributed by atoms with Gasteiger partial charge in [-0.15, -0.1) is 0 Å². The SMILES string of the molecule is Cc1c(C#N)c2ccccc2n1CC(=O)N1CCC(c2cc(=O)[nH]cn2)CC1. The Bertz CT molecular complexity index is 1130. The van der Waals surface area contributed by atoms with Crippen molar-refractivity contribution in [1.82, 2.24) is 19.4 Å². The van der Waals surface area contributed by atoms with Crippen molar-refractivity contribution in [1.29, 1.82) is 5.26 Å². The topological polar surface area (TPSA) is 94.8 Å². The predicted molar refractivity (Wildman–Crippen MR) is 105 cm³/mol. The van der Waals surface area contributed by atoms with Crippen LogP contribution in [0.4, 0.5) is 0 Å². The Morgan fingerprint density at radius 2 is 2.07 bits per heavy atom. The molecule has 4 rings (SSSR count). The number of H-pyrrole nitrogens is 1. The molecule has 1 aromatic carbocycles. The van der Waals surface area contributed by atoms with E-state index in [9.17, 15) is 14.9 Å². The maximum absolute atomic E-state index is 12.9. The lowest BCUT2D eigenvalue weighted by molar-refractivity contribution is -0.132. The van der Waals surface area contributed by atoms with E-state index in [1.807, 2.05) is 40.7 Å². The zero-order chi connectivity index (χ0) is 19.7. The molecule has 1 saturated heterocycles. The number of rotatable bonds is 3. The van der Waals surface area contributed by atoms with Gasteiger partial charge in [-0.2, -0.15) is 5.26 Å². The summed E-state index contributed by atoms with van der Waals surface area (Å²) in [6.07, 6.45) is 3.01. The normalized spacial score (nSPS) is 14.9. The molecule has 1 amide bonds. The van der Waals surface area contributed by atoms with Crippen molar-refractivity contribution in [2.75, 3.05) is 13.1 Å². The van der Waals surface area contributed by atoms with Crippen LogP contribution in [0, 0.1) is 18.3 Å². The number of likely N-dealkylation sites (tertiary alicyclic amines) is 1. The summed E-state index contributed by atoms with van der Waals surface area (Å²) in [5, 5.41) is 10.4. The molecule has 0 radical (unpaired) electrons. The largest absolute Gasteiger partial charge is 0.341 e. The number of nitriles is 1. The van der Waals surface area contributed by atoms with Gasteiger partial charge in [0.25, 0.3) is 5.56 Å². The summed E-state index contributed by atoms with van der Waals surface area (Å²) in [4.78, 5) is 33.1. The van der Waals surface area contributed by atoms with Crippen LogP contribution in [0.1, 0.15) is 35.7 Å². The molecule has 28 heavy (non-hydrogen) atoms. The number of piperidine rings is 1. The molecular weight excluding hydrogens is 354 g/mol. The van der Waals surface area contributed by atoms with Gasteiger partial charge in [-0.3, -0.25) is 9.59 Å². The average Bonchev–Trinajstić information content (AvgIpc) is 2.99. The van der Waals surface area contributed by atoms with E-state index in [0.29, 0.717) is 18.7 Å². The number of nitrogens with one attached hydrogen (secondary N) is 1. The molecule has 1 N–H and O–H groups in total. The van der Waals surface area contributed by atoms with E-state index in [1.54, 1.807) is 6.07 Å². The van der Waals surface area contributed by atoms with Crippen molar-refractivity contribution in [2.45, 2.75) is 32.2 Å². The number of carbonyl (C=O) groups is 1. The van der Waals surface area contributed by atoms with Crippen molar-refractivity contribution >= 4 is 16.8 Å². The second-order valence-corrected chi connectivity index (χ2v) is 7.17. The van der Waals surface area contributed by atoms with Crippen molar-refractivity contribution in [3.63, 3.8) is 0 Å². The minimum atomic E-state index is -0.147. The smallest absolute Gasteiger partial charge is 0.250 e. The third-order valence-electron chi connectivity index (χ3n) is 5.60. The quantitative estimate of drug-likeness (QED) is 0.760. The van der Waals surface area contributed by atoms with Crippen LogP contribution in [0.3, 0.4) is 0 Å². The van der Waals surface area contributed by atoms with E-state index in [2.05, 4.69) is 16.0 Å². The predicted octanol–water partition coefficient (Wildman–Crippen LogP) is 2.31. The highest BCUT2D eigenvalue weighted by molar-refractivity contribution is 5.89. The Kier molecular flexibility index (Phi) is 4.70. The first-order chi connectivity index (χ1) is 13.6. The minimum Gasteiger partial charge on any atom is -0.341 e. The van der Waals surface area contributed by atoms with Gasteiger partial charge in [-0.05, 0) is 25.8 Å². The Hall–Kier alpha value is -3.40. The molecule has 142 valence electrons. The Balaban J connectivity index is 1.49. The second-order valence-electron chi connectivity index (χ2n) is 7.17. The molecule has 0 bridgehead atoms. The molecule has 3 aromatic rings. The molecule has 1 aliphatic heterocycles. The van der Waals surface area contributed by atoms with Crippen LogP contribution in [0.25, 0.3) is 10.9 Å². The van der Waals surface area contributed by atoms with Gasteiger partial charge >= 0.3 is 0 Å². The number of para-hydroxylation sites is 1. The number of fused-ring (bicyclic) bond motifs is 1. The van der Waals surface area contributed by atoms with Crippen LogP contribution in [-0.4, -0.2) is 38.4 Å². The lowest BCUT2D eigenvalue weighted by atomic mass is 9.93. The molecule has 0 unspecified atom stereocenters. The number of aromatic nitrogens is 3. The van der Waals surface area contributed by atoms with Crippen molar-refractivity contribution in [3.8, 4) is 6.07 Å². The van der Waals surface area contributed by atoms with Crippen molar-refractivity contribution in [2.24, 2.45) is 0 Å². The molecule has 0 aliphatic carbocycles. The first-order valence-corrected chi connectivity index (χ1v) is 9.39.